The van der Waals surface area contributed by atoms with Crippen molar-refractivity contribution in [2.24, 2.45) is 0 Å². The van der Waals surface area contributed by atoms with Gasteiger partial charge in [0.1, 0.15) is 12.1 Å². The molecule has 0 radical (unpaired) electrons. The summed E-state index contributed by atoms with van der Waals surface area (Å²) in [6, 6.07) is 2.39. The van der Waals surface area contributed by atoms with Gasteiger partial charge in [-0.25, -0.2) is 8.78 Å². The van der Waals surface area contributed by atoms with Gasteiger partial charge in [0.05, 0.1) is 5.69 Å². The molecule has 2 aliphatic heterocycles. The Balaban J connectivity index is 2.08. The van der Waals surface area contributed by atoms with E-state index in [4.69, 9.17) is 0 Å². The zero-order valence-corrected chi connectivity index (χ0v) is 11.7. The fourth-order valence-electron chi connectivity index (χ4n) is 3.23. The molecule has 6 heteroatoms. The number of amides is 2. The highest BCUT2D eigenvalue weighted by Gasteiger charge is 2.48. The van der Waals surface area contributed by atoms with Crippen LogP contribution >= 0.6 is 0 Å². The van der Waals surface area contributed by atoms with Gasteiger partial charge in [0, 0.05) is 6.54 Å². The fourth-order valence-corrected chi connectivity index (χ4v) is 3.23. The zero-order valence-electron chi connectivity index (χ0n) is 11.7. The van der Waals surface area contributed by atoms with Gasteiger partial charge < -0.3 is 4.90 Å². The second-order valence-corrected chi connectivity index (χ2v) is 5.39. The summed E-state index contributed by atoms with van der Waals surface area (Å²) in [7, 11) is 0. The van der Waals surface area contributed by atoms with Crippen LogP contribution in [0.4, 0.5) is 14.5 Å². The van der Waals surface area contributed by atoms with E-state index in [1.807, 2.05) is 0 Å². The van der Waals surface area contributed by atoms with Gasteiger partial charge in [-0.1, -0.05) is 13.0 Å². The smallest absolute Gasteiger partial charge is 0.250 e. The van der Waals surface area contributed by atoms with Crippen molar-refractivity contribution >= 4 is 17.5 Å². The maximum atomic E-state index is 14.0. The van der Waals surface area contributed by atoms with Gasteiger partial charge in [-0.2, -0.15) is 0 Å². The molecule has 0 aromatic heterocycles. The Hall–Kier alpha value is -1.98. The summed E-state index contributed by atoms with van der Waals surface area (Å²) < 4.78 is 27.5. The Labute approximate surface area is 121 Å². The van der Waals surface area contributed by atoms with Crippen LogP contribution in [0.1, 0.15) is 26.2 Å². The van der Waals surface area contributed by atoms with Crippen LogP contribution < -0.4 is 4.90 Å². The zero-order chi connectivity index (χ0) is 15.1. The molecule has 2 amide bonds. The standard InChI is InChI=1S/C15H16F2N2O2/c1-2-10-14(20)18-8-4-7-12(18)15(21)19(10)11-6-3-5-9(16)13(11)17/h3,5-6,10,12H,2,4,7-8H2,1H3. The number of fused-ring (bicyclic) bond motifs is 1. The molecule has 0 bridgehead atoms. The van der Waals surface area contributed by atoms with Crippen molar-refractivity contribution < 1.29 is 18.4 Å². The van der Waals surface area contributed by atoms with Crippen molar-refractivity contribution in [2.45, 2.75) is 38.3 Å². The third kappa shape index (κ3) is 2.01. The predicted octanol–water partition coefficient (Wildman–Crippen LogP) is 2.08. The Morgan fingerprint density at radius 3 is 2.71 bits per heavy atom. The first-order chi connectivity index (χ1) is 10.1. The van der Waals surface area contributed by atoms with E-state index < -0.39 is 23.7 Å². The number of anilines is 1. The number of carbonyl (C=O) groups excluding carboxylic acids is 2. The Morgan fingerprint density at radius 2 is 2.00 bits per heavy atom. The van der Waals surface area contributed by atoms with E-state index in [0.717, 1.165) is 17.4 Å². The van der Waals surface area contributed by atoms with E-state index in [1.165, 1.54) is 12.1 Å². The highest BCUT2D eigenvalue weighted by Crippen LogP contribution is 2.33. The van der Waals surface area contributed by atoms with E-state index in [0.29, 0.717) is 19.4 Å². The molecular formula is C15H16F2N2O2. The fraction of sp³-hybridized carbons (Fsp3) is 0.467. The van der Waals surface area contributed by atoms with Crippen LogP contribution in [0.5, 0.6) is 0 Å². The Kier molecular flexibility index (Phi) is 3.39. The van der Waals surface area contributed by atoms with E-state index >= 15 is 0 Å². The van der Waals surface area contributed by atoms with Crippen molar-refractivity contribution in [2.75, 3.05) is 11.4 Å². The van der Waals surface area contributed by atoms with E-state index in [1.54, 1.807) is 11.8 Å². The Morgan fingerprint density at radius 1 is 1.24 bits per heavy atom. The Bertz CT molecular complexity index is 605. The molecule has 2 aliphatic rings. The minimum absolute atomic E-state index is 0.147. The van der Waals surface area contributed by atoms with Crippen LogP contribution in [0.3, 0.4) is 0 Å². The van der Waals surface area contributed by atoms with Crippen molar-refractivity contribution in [3.05, 3.63) is 29.8 Å². The van der Waals surface area contributed by atoms with Gasteiger partial charge in [-0.3, -0.25) is 14.5 Å². The van der Waals surface area contributed by atoms with E-state index in [9.17, 15) is 18.4 Å². The molecule has 2 saturated heterocycles. The highest BCUT2D eigenvalue weighted by atomic mass is 19.2. The molecular weight excluding hydrogens is 278 g/mol. The van der Waals surface area contributed by atoms with Crippen molar-refractivity contribution in [1.82, 2.24) is 4.90 Å². The average Bonchev–Trinajstić information content (AvgIpc) is 2.96. The van der Waals surface area contributed by atoms with E-state index in [-0.39, 0.29) is 17.5 Å². The summed E-state index contributed by atoms with van der Waals surface area (Å²) in [5, 5.41) is 0. The van der Waals surface area contributed by atoms with Crippen LogP contribution in [-0.4, -0.2) is 35.3 Å². The topological polar surface area (TPSA) is 40.6 Å². The van der Waals surface area contributed by atoms with Crippen LogP contribution in [0, 0.1) is 11.6 Å². The molecule has 2 fully saturated rings. The van der Waals surface area contributed by atoms with Crippen LogP contribution in [0.2, 0.25) is 0 Å². The molecule has 2 unspecified atom stereocenters. The lowest BCUT2D eigenvalue weighted by Gasteiger charge is -2.42. The molecule has 1 aromatic carbocycles. The maximum absolute atomic E-state index is 14.0. The lowest BCUT2D eigenvalue weighted by atomic mass is 10.0. The third-order valence-corrected chi connectivity index (χ3v) is 4.23. The first kappa shape index (κ1) is 14.0. The molecule has 0 aliphatic carbocycles. The molecule has 4 nitrogen and oxygen atoms in total. The molecule has 0 spiro atoms. The number of hydrogen-bond acceptors (Lipinski definition) is 2. The number of carbonyl (C=O) groups is 2. The second kappa shape index (κ2) is 5.09. The van der Waals surface area contributed by atoms with Crippen molar-refractivity contribution in [3.8, 4) is 0 Å². The van der Waals surface area contributed by atoms with Gasteiger partial charge >= 0.3 is 0 Å². The largest absolute Gasteiger partial charge is 0.329 e. The first-order valence-corrected chi connectivity index (χ1v) is 7.13. The summed E-state index contributed by atoms with van der Waals surface area (Å²) in [5.41, 5.74) is -0.147. The van der Waals surface area contributed by atoms with Gasteiger partial charge in [0.25, 0.3) is 5.91 Å². The number of rotatable bonds is 2. The van der Waals surface area contributed by atoms with Crippen molar-refractivity contribution in [1.29, 1.82) is 0 Å². The molecule has 0 N–H and O–H groups in total. The normalized spacial score (nSPS) is 25.5. The summed E-state index contributed by atoms with van der Waals surface area (Å²) in [4.78, 5) is 27.8. The molecule has 3 rings (SSSR count). The van der Waals surface area contributed by atoms with Gasteiger partial charge in [0.2, 0.25) is 5.91 Å². The van der Waals surface area contributed by atoms with Crippen molar-refractivity contribution in [3.63, 3.8) is 0 Å². The molecule has 21 heavy (non-hydrogen) atoms. The molecule has 0 saturated carbocycles. The summed E-state index contributed by atoms with van der Waals surface area (Å²) in [6.45, 7) is 2.32. The lowest BCUT2D eigenvalue weighted by molar-refractivity contribution is -0.144. The van der Waals surface area contributed by atoms with Gasteiger partial charge in [-0.05, 0) is 31.4 Å². The summed E-state index contributed by atoms with van der Waals surface area (Å²) in [6.07, 6.45) is 1.70. The number of nitrogens with zero attached hydrogens (tertiary/aromatic N) is 2. The number of piperazine rings is 1. The molecule has 2 atom stereocenters. The monoisotopic (exact) mass is 294 g/mol. The third-order valence-electron chi connectivity index (χ3n) is 4.23. The molecule has 2 heterocycles. The minimum Gasteiger partial charge on any atom is -0.329 e. The first-order valence-electron chi connectivity index (χ1n) is 7.13. The summed E-state index contributed by atoms with van der Waals surface area (Å²) >= 11 is 0. The SMILES string of the molecule is CCC1C(=O)N2CCCC2C(=O)N1c1cccc(F)c1F. The average molecular weight is 294 g/mol. The van der Waals surface area contributed by atoms with Gasteiger partial charge in [0.15, 0.2) is 11.6 Å². The van der Waals surface area contributed by atoms with Crippen LogP contribution in [0.15, 0.2) is 18.2 Å². The van der Waals surface area contributed by atoms with Crippen LogP contribution in [-0.2, 0) is 9.59 Å². The van der Waals surface area contributed by atoms with Gasteiger partial charge in [-0.15, -0.1) is 0 Å². The number of benzene rings is 1. The maximum Gasteiger partial charge on any atom is 0.250 e. The number of hydrogen-bond donors (Lipinski definition) is 0. The highest BCUT2D eigenvalue weighted by molar-refractivity contribution is 6.08. The number of halogens is 2. The summed E-state index contributed by atoms with van der Waals surface area (Å²) in [5.74, 6) is -2.59. The second-order valence-electron chi connectivity index (χ2n) is 5.39. The van der Waals surface area contributed by atoms with E-state index in [2.05, 4.69) is 0 Å². The van der Waals surface area contributed by atoms with Crippen LogP contribution in [0.25, 0.3) is 0 Å². The lowest BCUT2D eigenvalue weighted by Crippen LogP contribution is -2.63. The molecule has 1 aromatic rings. The quantitative estimate of drug-likeness (QED) is 0.838. The minimum atomic E-state index is -1.08. The molecule has 112 valence electrons. The predicted molar refractivity (Wildman–Crippen MR) is 72.7 cm³/mol.